The summed E-state index contributed by atoms with van der Waals surface area (Å²) >= 11 is 0. The van der Waals surface area contributed by atoms with Crippen molar-refractivity contribution in [1.82, 2.24) is 5.32 Å². The van der Waals surface area contributed by atoms with Crippen LogP contribution in [-0.2, 0) is 27.5 Å². The van der Waals surface area contributed by atoms with Crippen LogP contribution in [0.4, 0.5) is 0 Å². The monoisotopic (exact) mass is 690 g/mol. The number of nitrogens with one attached hydrogen (secondary N) is 1. The van der Waals surface area contributed by atoms with Crippen molar-refractivity contribution in [2.75, 3.05) is 6.61 Å². The van der Waals surface area contributed by atoms with E-state index in [9.17, 15) is 4.79 Å². The first-order valence-electron chi connectivity index (χ1n) is 21.0. The number of hydrogen-bond acceptors (Lipinski definition) is 3. The predicted molar refractivity (Wildman–Crippen MR) is 214 cm³/mol. The van der Waals surface area contributed by atoms with E-state index in [1.54, 1.807) is 0 Å². The zero-order valence-electron chi connectivity index (χ0n) is 32.4. The van der Waals surface area contributed by atoms with Gasteiger partial charge < -0.3 is 14.8 Å². The van der Waals surface area contributed by atoms with Gasteiger partial charge in [0.1, 0.15) is 0 Å². The van der Waals surface area contributed by atoms with E-state index in [1.807, 2.05) is 36.4 Å². The normalized spacial score (nSPS) is 12.8. The number of benzene rings is 2. The number of allylic oxidation sites excluding steroid dienone is 1. The summed E-state index contributed by atoms with van der Waals surface area (Å²) in [6.45, 7) is 5.97. The summed E-state index contributed by atoms with van der Waals surface area (Å²) in [5.74, 6) is 0.0984. The van der Waals surface area contributed by atoms with E-state index in [4.69, 9.17) is 9.47 Å². The average Bonchev–Trinajstić information content (AvgIpc) is 3.14. The first-order chi connectivity index (χ1) is 24.7. The van der Waals surface area contributed by atoms with Gasteiger partial charge in [-0.25, -0.2) is 0 Å². The van der Waals surface area contributed by atoms with Gasteiger partial charge >= 0.3 is 0 Å². The molecule has 2 aromatic carbocycles. The molecule has 4 heteroatoms. The molecule has 2 atom stereocenters. The highest BCUT2D eigenvalue weighted by atomic mass is 16.5. The maximum atomic E-state index is 13.3. The Bertz CT molecular complexity index is 1040. The molecule has 0 aliphatic heterocycles. The quantitative estimate of drug-likeness (QED) is 0.0588. The molecule has 2 aromatic rings. The lowest BCUT2D eigenvalue weighted by Crippen LogP contribution is -2.46. The molecule has 2 rings (SSSR count). The molecule has 282 valence electrons. The third kappa shape index (κ3) is 24.7. The molecule has 1 N–H and O–H groups in total. The van der Waals surface area contributed by atoms with E-state index >= 15 is 0 Å². The Hall–Kier alpha value is -2.43. The molecule has 0 aliphatic rings. The highest BCUT2D eigenvalue weighted by Gasteiger charge is 2.23. The lowest BCUT2D eigenvalue weighted by molar-refractivity contribution is -0.123. The predicted octanol–water partition coefficient (Wildman–Crippen LogP) is 13.2. The van der Waals surface area contributed by atoms with Crippen LogP contribution in [-0.4, -0.2) is 24.7 Å². The van der Waals surface area contributed by atoms with Crippen LogP contribution in [0.2, 0.25) is 0 Å². The van der Waals surface area contributed by atoms with Crippen LogP contribution < -0.4 is 5.32 Å². The van der Waals surface area contributed by atoms with E-state index < -0.39 is 0 Å². The highest BCUT2D eigenvalue weighted by Crippen LogP contribution is 2.16. The minimum absolute atomic E-state index is 0.0984. The summed E-state index contributed by atoms with van der Waals surface area (Å²) < 4.78 is 12.7. The van der Waals surface area contributed by atoms with Crippen LogP contribution in [0.15, 0.2) is 72.8 Å². The molecule has 0 fully saturated rings. The third-order valence-electron chi connectivity index (χ3n) is 9.74. The van der Waals surface area contributed by atoms with E-state index in [-0.39, 0.29) is 18.1 Å². The van der Waals surface area contributed by atoms with Gasteiger partial charge in [-0.3, -0.25) is 4.79 Å². The van der Waals surface area contributed by atoms with Crippen LogP contribution in [0.25, 0.3) is 0 Å². The van der Waals surface area contributed by atoms with Crippen molar-refractivity contribution in [3.8, 4) is 0 Å². The fourth-order valence-electron chi connectivity index (χ4n) is 6.55. The van der Waals surface area contributed by atoms with Crippen molar-refractivity contribution in [1.29, 1.82) is 0 Å². The smallest absolute Gasteiger partial charge is 0.220 e. The lowest BCUT2D eigenvalue weighted by Gasteiger charge is -2.26. The number of rotatable bonds is 34. The second-order valence-corrected chi connectivity index (χ2v) is 14.5. The van der Waals surface area contributed by atoms with E-state index in [0.717, 1.165) is 30.4 Å². The van der Waals surface area contributed by atoms with E-state index in [0.29, 0.717) is 26.2 Å². The molecule has 0 unspecified atom stereocenters. The Labute approximate surface area is 308 Å². The molecule has 0 spiro atoms. The molecular weight excluding hydrogens is 615 g/mol. The SMILES string of the molecule is CCCCCCCCCCCCC/C=C/[C@@H](OCc1ccccc1)[C@H](COCc1ccccc1)NC(=O)CCCCCCCCCCCCC. The molecule has 4 nitrogen and oxygen atoms in total. The Kier molecular flexibility index (Phi) is 28.4. The van der Waals surface area contributed by atoms with Crippen molar-refractivity contribution < 1.29 is 14.3 Å². The lowest BCUT2D eigenvalue weighted by atomic mass is 10.0. The van der Waals surface area contributed by atoms with Gasteiger partial charge in [-0.2, -0.15) is 0 Å². The molecule has 0 heterocycles. The van der Waals surface area contributed by atoms with Crippen LogP contribution >= 0.6 is 0 Å². The second kappa shape index (κ2) is 32.5. The summed E-state index contributed by atoms with van der Waals surface area (Å²) in [6, 6.07) is 20.3. The standard InChI is InChI=1S/C46H75NO3/c1-3-5-7-9-11-13-15-16-18-19-21-23-31-37-45(50-40-43-35-29-26-30-36-43)44(41-49-39-42-33-27-25-28-34-42)47-46(48)38-32-24-22-20-17-14-12-10-8-6-4-2/h25-31,33-37,44-45H,3-24,32,38-41H2,1-2H3,(H,47,48)/b37-31+/t44-,45+/m0/s1. The number of carbonyl (C=O) groups excluding carboxylic acids is 1. The topological polar surface area (TPSA) is 47.6 Å². The Morgan fingerprint density at radius 2 is 1.02 bits per heavy atom. The highest BCUT2D eigenvalue weighted by molar-refractivity contribution is 5.76. The van der Waals surface area contributed by atoms with E-state index in [1.165, 1.54) is 128 Å². The summed E-state index contributed by atoms with van der Waals surface area (Å²) in [7, 11) is 0. The molecule has 0 saturated heterocycles. The van der Waals surface area contributed by atoms with Gasteiger partial charge in [0, 0.05) is 6.42 Å². The summed E-state index contributed by atoms with van der Waals surface area (Å²) in [5.41, 5.74) is 2.26. The number of unbranched alkanes of at least 4 members (excludes halogenated alkanes) is 21. The maximum Gasteiger partial charge on any atom is 0.220 e. The first-order valence-corrected chi connectivity index (χ1v) is 21.0. The molecule has 0 aliphatic carbocycles. The zero-order valence-corrected chi connectivity index (χ0v) is 32.4. The molecule has 0 bridgehead atoms. The molecule has 0 saturated carbocycles. The van der Waals surface area contributed by atoms with Gasteiger partial charge in [0.05, 0.1) is 32.0 Å². The fourth-order valence-corrected chi connectivity index (χ4v) is 6.55. The van der Waals surface area contributed by atoms with Gasteiger partial charge in [-0.15, -0.1) is 0 Å². The minimum Gasteiger partial charge on any atom is -0.375 e. The largest absolute Gasteiger partial charge is 0.375 e. The summed E-state index contributed by atoms with van der Waals surface area (Å²) in [5, 5.41) is 3.33. The average molecular weight is 690 g/mol. The summed E-state index contributed by atoms with van der Waals surface area (Å²) in [6.07, 6.45) is 34.7. The van der Waals surface area contributed by atoms with Crippen LogP contribution in [0.5, 0.6) is 0 Å². The second-order valence-electron chi connectivity index (χ2n) is 14.5. The Morgan fingerprint density at radius 1 is 0.580 bits per heavy atom. The van der Waals surface area contributed by atoms with Crippen molar-refractivity contribution in [2.24, 2.45) is 0 Å². The van der Waals surface area contributed by atoms with Gasteiger partial charge in [0.15, 0.2) is 0 Å². The van der Waals surface area contributed by atoms with Gasteiger partial charge in [-0.05, 0) is 30.4 Å². The molecule has 50 heavy (non-hydrogen) atoms. The summed E-state index contributed by atoms with van der Waals surface area (Å²) in [4.78, 5) is 13.3. The molecular formula is C46H75NO3. The van der Waals surface area contributed by atoms with Crippen LogP contribution in [0.1, 0.15) is 179 Å². The minimum atomic E-state index is -0.264. The Balaban J connectivity index is 1.86. The van der Waals surface area contributed by atoms with Gasteiger partial charge in [-0.1, -0.05) is 215 Å². The van der Waals surface area contributed by atoms with Crippen molar-refractivity contribution in [3.05, 3.63) is 83.9 Å². The van der Waals surface area contributed by atoms with Crippen LogP contribution in [0.3, 0.4) is 0 Å². The van der Waals surface area contributed by atoms with Gasteiger partial charge in [0.25, 0.3) is 0 Å². The zero-order chi connectivity index (χ0) is 35.6. The van der Waals surface area contributed by atoms with Crippen molar-refractivity contribution in [2.45, 2.75) is 193 Å². The number of hydrogen-bond donors (Lipinski definition) is 1. The molecule has 0 aromatic heterocycles. The van der Waals surface area contributed by atoms with Crippen molar-refractivity contribution in [3.63, 3.8) is 0 Å². The number of amides is 1. The van der Waals surface area contributed by atoms with Gasteiger partial charge in [0.2, 0.25) is 5.91 Å². The maximum absolute atomic E-state index is 13.3. The van der Waals surface area contributed by atoms with Crippen LogP contribution in [0, 0.1) is 0 Å². The number of ether oxygens (including phenoxy) is 2. The number of carbonyl (C=O) groups is 1. The fraction of sp³-hybridized carbons (Fsp3) is 0.674. The molecule has 0 radical (unpaired) electrons. The first kappa shape index (κ1) is 43.7. The third-order valence-corrected chi connectivity index (χ3v) is 9.74. The Morgan fingerprint density at radius 3 is 1.52 bits per heavy atom. The molecule has 1 amide bonds. The van der Waals surface area contributed by atoms with E-state index in [2.05, 4.69) is 55.6 Å². The van der Waals surface area contributed by atoms with Crippen molar-refractivity contribution >= 4 is 5.91 Å².